The zero-order valence-electron chi connectivity index (χ0n) is 14.5. The van der Waals surface area contributed by atoms with Gasteiger partial charge in [0.2, 0.25) is 0 Å². The highest BCUT2D eigenvalue weighted by Crippen LogP contribution is 2.15. The van der Waals surface area contributed by atoms with Crippen molar-refractivity contribution in [1.82, 2.24) is 19.7 Å². The molecule has 0 saturated carbocycles. The summed E-state index contributed by atoms with van der Waals surface area (Å²) in [6.07, 6.45) is 2.62. The number of nitrogens with zero attached hydrogens (tertiary/aromatic N) is 4. The molecule has 1 aromatic heterocycles. The third-order valence-electron chi connectivity index (χ3n) is 4.53. The smallest absolute Gasteiger partial charge is 0.345 e. The monoisotopic (exact) mass is 357 g/mol. The van der Waals surface area contributed by atoms with Crippen molar-refractivity contribution < 1.29 is 9.18 Å². The van der Waals surface area contributed by atoms with Gasteiger partial charge in [0.1, 0.15) is 11.6 Å². The summed E-state index contributed by atoms with van der Waals surface area (Å²) in [6.45, 7) is 3.06. The van der Waals surface area contributed by atoms with Crippen LogP contribution >= 0.6 is 0 Å². The molecule has 3 rings (SSSR count). The van der Waals surface area contributed by atoms with E-state index >= 15 is 0 Å². The van der Waals surface area contributed by atoms with E-state index in [2.05, 4.69) is 10.4 Å². The molecule has 0 spiro atoms. The third kappa shape index (κ3) is 3.52. The van der Waals surface area contributed by atoms with E-state index in [1.165, 1.54) is 16.8 Å². The number of hydrogen-bond donors (Lipinski definition) is 1. The van der Waals surface area contributed by atoms with E-state index in [0.717, 1.165) is 18.3 Å². The molecule has 26 heavy (non-hydrogen) atoms. The number of benzene rings is 1. The summed E-state index contributed by atoms with van der Waals surface area (Å²) in [4.78, 5) is 24.7. The minimum atomic E-state index is -0.717. The lowest BCUT2D eigenvalue weighted by atomic mass is 10.1. The normalized spacial score (nSPS) is 16.4. The van der Waals surface area contributed by atoms with Crippen LogP contribution in [0.4, 0.5) is 4.39 Å². The number of hydrogen-bond acceptors (Lipinski definition) is 4. The van der Waals surface area contributed by atoms with Gasteiger partial charge in [0.15, 0.2) is 0 Å². The van der Waals surface area contributed by atoms with Crippen molar-refractivity contribution in [1.29, 1.82) is 5.26 Å². The molecular weight excluding hydrogens is 337 g/mol. The maximum atomic E-state index is 14.0. The molecule has 1 unspecified atom stereocenters. The van der Waals surface area contributed by atoms with Gasteiger partial charge in [-0.15, -0.1) is 0 Å². The molecule has 0 saturated heterocycles. The molecule has 1 N–H and O–H groups in total. The van der Waals surface area contributed by atoms with E-state index in [4.69, 9.17) is 5.26 Å². The number of carbonyl (C=O) groups excluding carboxylic acids is 1. The Bertz CT molecular complexity index is 925. The summed E-state index contributed by atoms with van der Waals surface area (Å²) in [6, 6.07) is 5.45. The van der Waals surface area contributed by atoms with Crippen LogP contribution in [-0.4, -0.2) is 26.3 Å². The van der Waals surface area contributed by atoms with Gasteiger partial charge < -0.3 is 5.32 Å². The van der Waals surface area contributed by atoms with Gasteiger partial charge in [0.25, 0.3) is 5.91 Å². The predicted octanol–water partition coefficient (Wildman–Crippen LogP) is 1.60. The van der Waals surface area contributed by atoms with Crippen LogP contribution in [0.5, 0.6) is 0 Å². The number of nitrogens with one attached hydrogen (secondary N) is 1. The SMILES string of the molecule is CCCn1nc2n(c1=O)CCC(NC(=O)c1ccc(C#N)cc1F)CC2. The third-order valence-corrected chi connectivity index (χ3v) is 4.53. The van der Waals surface area contributed by atoms with Gasteiger partial charge in [-0.3, -0.25) is 9.36 Å². The Balaban J connectivity index is 1.68. The van der Waals surface area contributed by atoms with Gasteiger partial charge >= 0.3 is 5.69 Å². The van der Waals surface area contributed by atoms with Gasteiger partial charge in [-0.05, 0) is 37.5 Å². The molecule has 1 atom stereocenters. The second-order valence-corrected chi connectivity index (χ2v) is 6.38. The van der Waals surface area contributed by atoms with Crippen molar-refractivity contribution in [2.45, 2.75) is 51.7 Å². The molecule has 0 bridgehead atoms. The lowest BCUT2D eigenvalue weighted by molar-refractivity contribution is 0.0928. The van der Waals surface area contributed by atoms with Gasteiger partial charge in [0, 0.05) is 25.6 Å². The molecular formula is C18H20FN5O2. The largest absolute Gasteiger partial charge is 0.349 e. The Labute approximate surface area is 150 Å². The molecule has 2 aromatic rings. The Morgan fingerprint density at radius 3 is 2.96 bits per heavy atom. The molecule has 0 radical (unpaired) electrons. The first-order chi connectivity index (χ1) is 12.5. The molecule has 1 aliphatic rings. The molecule has 0 fully saturated rings. The van der Waals surface area contributed by atoms with Crippen molar-refractivity contribution in [2.75, 3.05) is 0 Å². The van der Waals surface area contributed by atoms with Crippen LogP contribution in [0, 0.1) is 17.1 Å². The van der Waals surface area contributed by atoms with E-state index < -0.39 is 11.7 Å². The van der Waals surface area contributed by atoms with Crippen LogP contribution < -0.4 is 11.0 Å². The lowest BCUT2D eigenvalue weighted by Gasteiger charge is -2.16. The number of fused-ring (bicyclic) bond motifs is 1. The van der Waals surface area contributed by atoms with Crippen LogP contribution in [-0.2, 0) is 19.5 Å². The maximum Gasteiger partial charge on any atom is 0.345 e. The first-order valence-corrected chi connectivity index (χ1v) is 8.70. The van der Waals surface area contributed by atoms with E-state index in [1.807, 2.05) is 13.0 Å². The van der Waals surface area contributed by atoms with Crippen LogP contribution in [0.3, 0.4) is 0 Å². The number of halogens is 1. The second kappa shape index (κ2) is 7.52. The van der Waals surface area contributed by atoms with Crippen molar-refractivity contribution in [2.24, 2.45) is 0 Å². The predicted molar refractivity (Wildman–Crippen MR) is 92.1 cm³/mol. The first kappa shape index (κ1) is 17.9. The van der Waals surface area contributed by atoms with Gasteiger partial charge in [-0.1, -0.05) is 6.92 Å². The fourth-order valence-electron chi connectivity index (χ4n) is 3.16. The van der Waals surface area contributed by atoms with E-state index in [0.29, 0.717) is 32.4 Å². The van der Waals surface area contributed by atoms with Crippen molar-refractivity contribution in [3.05, 3.63) is 51.5 Å². The maximum absolute atomic E-state index is 14.0. The number of rotatable bonds is 4. The van der Waals surface area contributed by atoms with Crippen LogP contribution in [0.25, 0.3) is 0 Å². The van der Waals surface area contributed by atoms with Crippen molar-refractivity contribution in [3.8, 4) is 6.07 Å². The fourth-order valence-corrected chi connectivity index (χ4v) is 3.16. The highest BCUT2D eigenvalue weighted by molar-refractivity contribution is 5.94. The Hall–Kier alpha value is -2.95. The van der Waals surface area contributed by atoms with Gasteiger partial charge in [-0.25, -0.2) is 13.9 Å². The van der Waals surface area contributed by atoms with Crippen molar-refractivity contribution in [3.63, 3.8) is 0 Å². The summed E-state index contributed by atoms with van der Waals surface area (Å²) in [7, 11) is 0. The molecule has 136 valence electrons. The molecule has 1 amide bonds. The second-order valence-electron chi connectivity index (χ2n) is 6.38. The topological polar surface area (TPSA) is 92.7 Å². The average molecular weight is 357 g/mol. The van der Waals surface area contributed by atoms with Gasteiger partial charge in [0.05, 0.1) is 17.2 Å². The number of nitriles is 1. The van der Waals surface area contributed by atoms with Gasteiger partial charge in [-0.2, -0.15) is 10.4 Å². The van der Waals surface area contributed by atoms with Crippen LogP contribution in [0.1, 0.15) is 47.9 Å². The summed E-state index contributed by atoms with van der Waals surface area (Å²) in [5.74, 6) is -0.504. The van der Waals surface area contributed by atoms with Crippen LogP contribution in [0.2, 0.25) is 0 Å². The molecule has 1 aliphatic heterocycles. The summed E-state index contributed by atoms with van der Waals surface area (Å²) < 4.78 is 17.1. The Morgan fingerprint density at radius 2 is 2.27 bits per heavy atom. The quantitative estimate of drug-likeness (QED) is 0.899. The Morgan fingerprint density at radius 1 is 1.46 bits per heavy atom. The summed E-state index contributed by atoms with van der Waals surface area (Å²) in [5, 5.41) is 16.0. The zero-order chi connectivity index (χ0) is 18.7. The number of carbonyl (C=O) groups is 1. The minimum Gasteiger partial charge on any atom is -0.349 e. The molecule has 8 heteroatoms. The summed E-state index contributed by atoms with van der Waals surface area (Å²) >= 11 is 0. The zero-order valence-corrected chi connectivity index (χ0v) is 14.5. The number of aryl methyl sites for hydroxylation is 2. The molecule has 0 aliphatic carbocycles. The molecule has 1 aromatic carbocycles. The Kier molecular flexibility index (Phi) is 5.16. The lowest BCUT2D eigenvalue weighted by Crippen LogP contribution is -2.36. The van der Waals surface area contributed by atoms with E-state index in [-0.39, 0.29) is 22.9 Å². The first-order valence-electron chi connectivity index (χ1n) is 8.70. The fraction of sp³-hybridized carbons (Fsp3) is 0.444. The number of amides is 1. The van der Waals surface area contributed by atoms with E-state index in [9.17, 15) is 14.0 Å². The minimum absolute atomic E-state index is 0.0868. The molecule has 7 nitrogen and oxygen atoms in total. The highest BCUT2D eigenvalue weighted by atomic mass is 19.1. The number of aromatic nitrogens is 3. The average Bonchev–Trinajstić information content (AvgIpc) is 2.79. The highest BCUT2D eigenvalue weighted by Gasteiger charge is 2.23. The van der Waals surface area contributed by atoms with E-state index in [1.54, 1.807) is 4.57 Å². The van der Waals surface area contributed by atoms with Crippen molar-refractivity contribution >= 4 is 5.91 Å². The van der Waals surface area contributed by atoms with Crippen LogP contribution in [0.15, 0.2) is 23.0 Å². The molecule has 2 heterocycles. The summed E-state index contributed by atoms with van der Waals surface area (Å²) in [5.41, 5.74) is -0.0365. The standard InChI is InChI=1S/C18H20FN5O2/c1-2-8-24-18(26)23-9-7-13(4-6-16(23)22-24)21-17(25)14-5-3-12(11-20)10-15(14)19/h3,5,10,13H,2,4,6-9H2,1H3,(H,21,25).